The summed E-state index contributed by atoms with van der Waals surface area (Å²) in [7, 11) is 5.22. The SMILES string of the molecule is COc1ccc(-c2cnnc(N(C)Cc3n[nH]c4c3CCCCC4)n2)c(OC)c1. The minimum Gasteiger partial charge on any atom is -0.497 e. The number of fused-ring (bicyclic) bond motifs is 1. The zero-order valence-corrected chi connectivity index (χ0v) is 17.1. The third kappa shape index (κ3) is 4.01. The van der Waals surface area contributed by atoms with Crippen LogP contribution in [0.5, 0.6) is 11.5 Å². The molecule has 0 unspecified atom stereocenters. The van der Waals surface area contributed by atoms with Gasteiger partial charge in [0, 0.05) is 24.4 Å². The molecule has 0 fully saturated rings. The molecule has 0 radical (unpaired) electrons. The van der Waals surface area contributed by atoms with E-state index in [-0.39, 0.29) is 0 Å². The van der Waals surface area contributed by atoms with Crippen LogP contribution >= 0.6 is 0 Å². The molecule has 0 spiro atoms. The van der Waals surface area contributed by atoms with Crippen molar-refractivity contribution in [3.63, 3.8) is 0 Å². The molecule has 1 aromatic carbocycles. The molecule has 0 atom stereocenters. The number of benzene rings is 1. The average Bonchev–Trinajstić information content (AvgIpc) is 2.98. The van der Waals surface area contributed by atoms with Crippen molar-refractivity contribution in [1.82, 2.24) is 25.4 Å². The number of H-pyrrole nitrogens is 1. The lowest BCUT2D eigenvalue weighted by atomic mass is 10.1. The molecule has 0 aliphatic heterocycles. The lowest BCUT2D eigenvalue weighted by Crippen LogP contribution is -2.21. The van der Waals surface area contributed by atoms with E-state index in [1.54, 1.807) is 20.4 Å². The van der Waals surface area contributed by atoms with E-state index in [0.717, 1.165) is 29.8 Å². The highest BCUT2D eigenvalue weighted by molar-refractivity contribution is 5.68. The Balaban J connectivity index is 1.59. The van der Waals surface area contributed by atoms with Crippen LogP contribution in [0.3, 0.4) is 0 Å². The highest BCUT2D eigenvalue weighted by Crippen LogP contribution is 2.32. The number of anilines is 1. The number of methoxy groups -OCH3 is 2. The third-order valence-electron chi connectivity index (χ3n) is 5.35. The van der Waals surface area contributed by atoms with Crippen molar-refractivity contribution in [2.24, 2.45) is 0 Å². The first-order valence-electron chi connectivity index (χ1n) is 9.88. The van der Waals surface area contributed by atoms with Gasteiger partial charge in [-0.3, -0.25) is 5.10 Å². The first-order valence-corrected chi connectivity index (χ1v) is 9.88. The third-order valence-corrected chi connectivity index (χ3v) is 5.35. The molecule has 3 aromatic rings. The molecule has 152 valence electrons. The molecule has 2 aromatic heterocycles. The van der Waals surface area contributed by atoms with Crippen LogP contribution in [-0.2, 0) is 19.4 Å². The summed E-state index contributed by atoms with van der Waals surface area (Å²) in [5, 5.41) is 16.2. The van der Waals surface area contributed by atoms with E-state index in [1.807, 2.05) is 30.1 Å². The number of nitrogens with one attached hydrogen (secondary N) is 1. The number of nitrogens with zero attached hydrogens (tertiary/aromatic N) is 5. The second-order valence-corrected chi connectivity index (χ2v) is 7.25. The topological polar surface area (TPSA) is 89.1 Å². The maximum Gasteiger partial charge on any atom is 0.246 e. The molecule has 29 heavy (non-hydrogen) atoms. The first-order chi connectivity index (χ1) is 14.2. The van der Waals surface area contributed by atoms with E-state index in [0.29, 0.717) is 23.9 Å². The van der Waals surface area contributed by atoms with E-state index in [4.69, 9.17) is 14.5 Å². The normalized spacial score (nSPS) is 13.5. The molecule has 0 saturated heterocycles. The molecular formula is C21H26N6O2. The second-order valence-electron chi connectivity index (χ2n) is 7.25. The van der Waals surface area contributed by atoms with E-state index in [2.05, 4.69) is 20.4 Å². The number of aromatic nitrogens is 5. The van der Waals surface area contributed by atoms with Crippen molar-refractivity contribution in [3.05, 3.63) is 41.3 Å². The largest absolute Gasteiger partial charge is 0.497 e. The molecule has 1 aliphatic carbocycles. The van der Waals surface area contributed by atoms with Gasteiger partial charge in [0.15, 0.2) is 0 Å². The summed E-state index contributed by atoms with van der Waals surface area (Å²) in [5.41, 5.74) is 5.24. The second kappa shape index (κ2) is 8.46. The van der Waals surface area contributed by atoms with Gasteiger partial charge in [0.05, 0.1) is 38.3 Å². The molecule has 8 nitrogen and oxygen atoms in total. The number of rotatable bonds is 6. The minimum atomic E-state index is 0.547. The Bertz CT molecular complexity index is 987. The molecule has 1 N–H and O–H groups in total. The van der Waals surface area contributed by atoms with Crippen LogP contribution in [0, 0.1) is 0 Å². The molecular weight excluding hydrogens is 368 g/mol. The van der Waals surface area contributed by atoms with E-state index in [9.17, 15) is 0 Å². The summed E-state index contributed by atoms with van der Waals surface area (Å²) in [4.78, 5) is 6.69. The Hall–Kier alpha value is -3.16. The van der Waals surface area contributed by atoms with E-state index < -0.39 is 0 Å². The monoisotopic (exact) mass is 394 g/mol. The predicted molar refractivity (Wildman–Crippen MR) is 110 cm³/mol. The summed E-state index contributed by atoms with van der Waals surface area (Å²) in [6.45, 7) is 0.636. The Labute approximate surface area is 170 Å². The van der Waals surface area contributed by atoms with Gasteiger partial charge >= 0.3 is 0 Å². The summed E-state index contributed by atoms with van der Waals surface area (Å²) in [6, 6.07) is 5.63. The fraction of sp³-hybridized carbons (Fsp3) is 0.429. The lowest BCUT2D eigenvalue weighted by molar-refractivity contribution is 0.395. The Morgan fingerprint density at radius 3 is 2.79 bits per heavy atom. The molecule has 0 amide bonds. The van der Waals surface area contributed by atoms with Gasteiger partial charge in [0.2, 0.25) is 5.95 Å². The highest BCUT2D eigenvalue weighted by atomic mass is 16.5. The quantitative estimate of drug-likeness (QED) is 0.642. The molecule has 0 bridgehead atoms. The van der Waals surface area contributed by atoms with Gasteiger partial charge in [0.1, 0.15) is 11.5 Å². The Kier molecular flexibility index (Phi) is 5.59. The van der Waals surface area contributed by atoms with Crippen LogP contribution in [-0.4, -0.2) is 46.6 Å². The Morgan fingerprint density at radius 1 is 1.10 bits per heavy atom. The van der Waals surface area contributed by atoms with Gasteiger partial charge in [-0.1, -0.05) is 6.42 Å². The molecule has 2 heterocycles. The van der Waals surface area contributed by atoms with Gasteiger partial charge in [-0.2, -0.15) is 10.2 Å². The van der Waals surface area contributed by atoms with Gasteiger partial charge in [-0.15, -0.1) is 5.10 Å². The average molecular weight is 394 g/mol. The first kappa shape index (κ1) is 19.2. The van der Waals surface area contributed by atoms with Crippen LogP contribution < -0.4 is 14.4 Å². The fourth-order valence-electron chi connectivity index (χ4n) is 3.75. The number of ether oxygens (including phenoxy) is 2. The number of aryl methyl sites for hydroxylation is 1. The molecule has 8 heteroatoms. The van der Waals surface area contributed by atoms with Crippen LogP contribution in [0.1, 0.15) is 36.2 Å². The maximum atomic E-state index is 5.51. The van der Waals surface area contributed by atoms with E-state index in [1.165, 1.54) is 30.5 Å². The number of hydrogen-bond acceptors (Lipinski definition) is 7. The van der Waals surface area contributed by atoms with Crippen molar-refractivity contribution in [1.29, 1.82) is 0 Å². The van der Waals surface area contributed by atoms with Gasteiger partial charge < -0.3 is 14.4 Å². The fourth-order valence-corrected chi connectivity index (χ4v) is 3.75. The zero-order valence-electron chi connectivity index (χ0n) is 17.1. The van der Waals surface area contributed by atoms with Gasteiger partial charge in [0.25, 0.3) is 0 Å². The van der Waals surface area contributed by atoms with Crippen molar-refractivity contribution >= 4 is 5.95 Å². The Morgan fingerprint density at radius 2 is 1.97 bits per heavy atom. The summed E-state index contributed by atoms with van der Waals surface area (Å²) in [5.74, 6) is 1.95. The van der Waals surface area contributed by atoms with Crippen molar-refractivity contribution in [3.8, 4) is 22.8 Å². The minimum absolute atomic E-state index is 0.547. The maximum absolute atomic E-state index is 5.51. The molecule has 4 rings (SSSR count). The van der Waals surface area contributed by atoms with Crippen LogP contribution in [0.4, 0.5) is 5.95 Å². The predicted octanol–water partition coefficient (Wildman–Crippen LogP) is 3.18. The van der Waals surface area contributed by atoms with Crippen molar-refractivity contribution < 1.29 is 9.47 Å². The van der Waals surface area contributed by atoms with E-state index >= 15 is 0 Å². The van der Waals surface area contributed by atoms with Crippen LogP contribution in [0.15, 0.2) is 24.4 Å². The summed E-state index contributed by atoms with van der Waals surface area (Å²) in [6.07, 6.45) is 7.52. The number of aromatic amines is 1. The van der Waals surface area contributed by atoms with Crippen LogP contribution in [0.25, 0.3) is 11.3 Å². The summed E-state index contributed by atoms with van der Waals surface area (Å²) < 4.78 is 10.8. The number of hydrogen-bond donors (Lipinski definition) is 1. The van der Waals surface area contributed by atoms with Crippen molar-refractivity contribution in [2.75, 3.05) is 26.2 Å². The van der Waals surface area contributed by atoms with Crippen molar-refractivity contribution in [2.45, 2.75) is 38.6 Å². The molecule has 1 aliphatic rings. The van der Waals surface area contributed by atoms with Gasteiger partial charge in [-0.05, 0) is 43.4 Å². The standard InChI is InChI=1S/C21H26N6O2/c1-27(13-19-15-7-5-4-6-8-17(15)24-25-19)21-23-18(12-22-26-21)16-10-9-14(28-2)11-20(16)29-3/h9-12H,4-8,13H2,1-3H3,(H,24,25). The smallest absolute Gasteiger partial charge is 0.246 e. The van der Waals surface area contributed by atoms with Gasteiger partial charge in [-0.25, -0.2) is 4.98 Å². The highest BCUT2D eigenvalue weighted by Gasteiger charge is 2.18. The zero-order chi connectivity index (χ0) is 20.2. The molecule has 0 saturated carbocycles. The summed E-state index contributed by atoms with van der Waals surface area (Å²) >= 11 is 0. The van der Waals surface area contributed by atoms with Crippen LogP contribution in [0.2, 0.25) is 0 Å². The lowest BCUT2D eigenvalue weighted by Gasteiger charge is -2.17.